The van der Waals surface area contributed by atoms with Gasteiger partial charge in [0.05, 0.1) is 21.9 Å². The number of nitro benzene ring substituents is 1. The fourth-order valence-electron chi connectivity index (χ4n) is 3.23. The lowest BCUT2D eigenvalue weighted by molar-refractivity contribution is -0.383. The molecule has 1 aliphatic carbocycles. The number of rotatable bonds is 5. The van der Waals surface area contributed by atoms with E-state index in [4.69, 9.17) is 16.2 Å². The predicted octanol–water partition coefficient (Wildman–Crippen LogP) is 3.50. The van der Waals surface area contributed by atoms with Gasteiger partial charge in [-0.3, -0.25) is 14.9 Å². The topological polar surface area (TPSA) is 151 Å². The summed E-state index contributed by atoms with van der Waals surface area (Å²) >= 11 is 0. The highest BCUT2D eigenvalue weighted by molar-refractivity contribution is 6.06. The average molecular weight is 398 g/mol. The van der Waals surface area contributed by atoms with Crippen LogP contribution in [0.5, 0.6) is 0 Å². The summed E-state index contributed by atoms with van der Waals surface area (Å²) in [6, 6.07) is 8.13. The number of nitro groups is 1. The Kier molecular flexibility index (Phi) is 5.96. The number of hydrogen-bond donors (Lipinski definition) is 3. The molecule has 2 aromatic rings. The van der Waals surface area contributed by atoms with Gasteiger partial charge in [-0.25, -0.2) is 4.79 Å². The Bertz CT molecular complexity index is 954. The van der Waals surface area contributed by atoms with Gasteiger partial charge in [-0.2, -0.15) is 0 Å². The molecule has 29 heavy (non-hydrogen) atoms. The molecule has 1 fully saturated rings. The Morgan fingerprint density at radius 1 is 1.00 bits per heavy atom. The molecule has 0 bridgehead atoms. The van der Waals surface area contributed by atoms with Crippen LogP contribution in [0, 0.1) is 10.1 Å². The molecule has 1 saturated carbocycles. The molecule has 9 nitrogen and oxygen atoms in total. The van der Waals surface area contributed by atoms with E-state index in [0.29, 0.717) is 5.69 Å². The number of nitrogens with two attached hydrogens (primary N) is 2. The van der Waals surface area contributed by atoms with E-state index in [1.165, 1.54) is 30.3 Å². The van der Waals surface area contributed by atoms with Crippen molar-refractivity contribution >= 4 is 34.6 Å². The summed E-state index contributed by atoms with van der Waals surface area (Å²) < 4.78 is 5.45. The predicted molar refractivity (Wildman–Crippen MR) is 109 cm³/mol. The molecule has 1 aliphatic rings. The first kappa shape index (κ1) is 20.1. The highest BCUT2D eigenvalue weighted by Crippen LogP contribution is 2.28. The van der Waals surface area contributed by atoms with Gasteiger partial charge in [-0.15, -0.1) is 0 Å². The number of anilines is 3. The summed E-state index contributed by atoms with van der Waals surface area (Å²) in [5.74, 6) is -1.19. The van der Waals surface area contributed by atoms with Gasteiger partial charge in [0.25, 0.3) is 11.6 Å². The first-order valence-electron chi connectivity index (χ1n) is 9.31. The summed E-state index contributed by atoms with van der Waals surface area (Å²) in [4.78, 5) is 35.6. The monoisotopic (exact) mass is 398 g/mol. The Balaban J connectivity index is 1.78. The van der Waals surface area contributed by atoms with Gasteiger partial charge < -0.3 is 21.5 Å². The summed E-state index contributed by atoms with van der Waals surface area (Å²) in [6.45, 7) is 0. The second-order valence-corrected chi connectivity index (χ2v) is 6.95. The minimum absolute atomic E-state index is 0.0374. The van der Waals surface area contributed by atoms with Gasteiger partial charge in [-0.1, -0.05) is 6.42 Å². The fourth-order valence-corrected chi connectivity index (χ4v) is 3.23. The van der Waals surface area contributed by atoms with E-state index in [-0.39, 0.29) is 28.6 Å². The summed E-state index contributed by atoms with van der Waals surface area (Å²) in [5.41, 5.74) is 11.7. The Morgan fingerprint density at radius 3 is 2.34 bits per heavy atom. The maximum atomic E-state index is 12.4. The number of ether oxygens (including phenoxy) is 1. The minimum atomic E-state index is -0.662. The maximum Gasteiger partial charge on any atom is 0.338 e. The van der Waals surface area contributed by atoms with Gasteiger partial charge in [0, 0.05) is 11.6 Å². The van der Waals surface area contributed by atoms with Gasteiger partial charge in [0.2, 0.25) is 0 Å². The van der Waals surface area contributed by atoms with Crippen molar-refractivity contribution in [1.82, 2.24) is 0 Å². The molecule has 0 atom stereocenters. The van der Waals surface area contributed by atoms with E-state index < -0.39 is 22.5 Å². The molecule has 3 rings (SSSR count). The zero-order valence-electron chi connectivity index (χ0n) is 15.7. The zero-order chi connectivity index (χ0) is 21.0. The third-order valence-electron chi connectivity index (χ3n) is 4.85. The number of carbonyl (C=O) groups is 2. The number of benzene rings is 2. The third-order valence-corrected chi connectivity index (χ3v) is 4.85. The molecule has 152 valence electrons. The van der Waals surface area contributed by atoms with E-state index in [1.54, 1.807) is 0 Å². The lowest BCUT2D eigenvalue weighted by atomic mass is 9.98. The minimum Gasteiger partial charge on any atom is -0.459 e. The quantitative estimate of drug-likeness (QED) is 0.302. The van der Waals surface area contributed by atoms with Gasteiger partial charge in [0.1, 0.15) is 11.8 Å². The van der Waals surface area contributed by atoms with Gasteiger partial charge >= 0.3 is 5.97 Å². The van der Waals surface area contributed by atoms with Crippen LogP contribution < -0.4 is 16.8 Å². The summed E-state index contributed by atoms with van der Waals surface area (Å²) in [5, 5.41) is 13.9. The van der Waals surface area contributed by atoms with Crippen LogP contribution in [0.25, 0.3) is 0 Å². The van der Waals surface area contributed by atoms with E-state index in [9.17, 15) is 19.7 Å². The number of nitrogens with one attached hydrogen (secondary N) is 1. The van der Waals surface area contributed by atoms with Crippen LogP contribution in [0.4, 0.5) is 22.7 Å². The van der Waals surface area contributed by atoms with Gasteiger partial charge in [-0.05, 0) is 56.0 Å². The number of esters is 1. The first-order chi connectivity index (χ1) is 13.8. The van der Waals surface area contributed by atoms with Crippen LogP contribution in [0.3, 0.4) is 0 Å². The molecule has 0 radical (unpaired) electrons. The molecular weight excluding hydrogens is 376 g/mol. The number of carbonyl (C=O) groups excluding carboxylic acids is 2. The standard InChI is InChI=1S/C20H22N4O5/c21-15-8-6-12(10-16(15)22)19(25)23-17-9-7-13(11-18(17)24(27)28)20(26)29-14-4-2-1-3-5-14/h6-11,14H,1-5,21-22H2,(H,23,25). The molecule has 2 aromatic carbocycles. The van der Waals surface area contributed by atoms with Crippen molar-refractivity contribution in [2.24, 2.45) is 0 Å². The van der Waals surface area contributed by atoms with E-state index >= 15 is 0 Å². The van der Waals surface area contributed by atoms with Crippen molar-refractivity contribution in [3.63, 3.8) is 0 Å². The van der Waals surface area contributed by atoms with Crippen LogP contribution >= 0.6 is 0 Å². The number of amides is 1. The highest BCUT2D eigenvalue weighted by Gasteiger charge is 2.23. The molecular formula is C20H22N4O5. The zero-order valence-corrected chi connectivity index (χ0v) is 15.7. The smallest absolute Gasteiger partial charge is 0.338 e. The molecule has 0 saturated heterocycles. The lowest BCUT2D eigenvalue weighted by Crippen LogP contribution is -2.21. The van der Waals surface area contributed by atoms with Gasteiger partial charge in [0.15, 0.2) is 0 Å². The number of hydrogen-bond acceptors (Lipinski definition) is 7. The molecule has 0 aromatic heterocycles. The Hall–Kier alpha value is -3.62. The number of nitrogen functional groups attached to an aromatic ring is 2. The summed E-state index contributed by atoms with van der Waals surface area (Å²) in [6.07, 6.45) is 4.55. The molecule has 0 aliphatic heterocycles. The van der Waals surface area contributed by atoms with E-state index in [1.807, 2.05) is 0 Å². The number of nitrogens with zero attached hydrogens (tertiary/aromatic N) is 1. The van der Waals surface area contributed by atoms with Crippen molar-refractivity contribution in [2.45, 2.75) is 38.2 Å². The largest absolute Gasteiger partial charge is 0.459 e. The lowest BCUT2D eigenvalue weighted by Gasteiger charge is -2.21. The van der Waals surface area contributed by atoms with Crippen molar-refractivity contribution < 1.29 is 19.2 Å². The van der Waals surface area contributed by atoms with Crippen molar-refractivity contribution in [3.05, 3.63) is 57.6 Å². The highest BCUT2D eigenvalue weighted by atomic mass is 16.6. The first-order valence-corrected chi connectivity index (χ1v) is 9.31. The normalized spacial score (nSPS) is 14.2. The van der Waals surface area contributed by atoms with Crippen LogP contribution in [0.2, 0.25) is 0 Å². The fraction of sp³-hybridized carbons (Fsp3) is 0.300. The molecule has 0 unspecified atom stereocenters. The van der Waals surface area contributed by atoms with E-state index in [2.05, 4.69) is 5.32 Å². The van der Waals surface area contributed by atoms with Crippen LogP contribution in [-0.2, 0) is 4.74 Å². The van der Waals surface area contributed by atoms with Crippen molar-refractivity contribution in [3.8, 4) is 0 Å². The summed E-state index contributed by atoms with van der Waals surface area (Å²) in [7, 11) is 0. The second-order valence-electron chi connectivity index (χ2n) is 6.95. The maximum absolute atomic E-state index is 12.4. The molecule has 1 amide bonds. The van der Waals surface area contributed by atoms with Crippen LogP contribution in [-0.4, -0.2) is 22.9 Å². The van der Waals surface area contributed by atoms with E-state index in [0.717, 1.165) is 38.2 Å². The molecule has 0 spiro atoms. The Morgan fingerprint density at radius 2 is 1.69 bits per heavy atom. The third kappa shape index (κ3) is 4.81. The SMILES string of the molecule is Nc1ccc(C(=O)Nc2ccc(C(=O)OC3CCCCC3)cc2[N+](=O)[O-])cc1N. The second kappa shape index (κ2) is 8.59. The average Bonchev–Trinajstić information content (AvgIpc) is 2.70. The van der Waals surface area contributed by atoms with Crippen molar-refractivity contribution in [1.29, 1.82) is 0 Å². The van der Waals surface area contributed by atoms with Crippen LogP contribution in [0.1, 0.15) is 52.8 Å². The molecule has 9 heteroatoms. The molecule has 0 heterocycles. The van der Waals surface area contributed by atoms with Crippen molar-refractivity contribution in [2.75, 3.05) is 16.8 Å². The molecule has 5 N–H and O–H groups in total. The van der Waals surface area contributed by atoms with Crippen LogP contribution in [0.15, 0.2) is 36.4 Å². The Labute approximate surface area is 167 Å².